The number of nitrogens with two attached hydrogens (primary N) is 1. The lowest BCUT2D eigenvalue weighted by Gasteiger charge is -2.42. The molecule has 1 rings (SSSR count). The van der Waals surface area contributed by atoms with Crippen LogP contribution in [0.4, 0.5) is 0 Å². The molecule has 0 aromatic rings. The van der Waals surface area contributed by atoms with E-state index in [-0.39, 0.29) is 6.54 Å². The van der Waals surface area contributed by atoms with Gasteiger partial charge in [-0.3, -0.25) is 14.4 Å². The maximum Gasteiger partial charge on any atom is 0.303 e. The molecule has 5 atom stereocenters. The van der Waals surface area contributed by atoms with Crippen LogP contribution in [0, 0.1) is 0 Å². The molecule has 10 nitrogen and oxygen atoms in total. The van der Waals surface area contributed by atoms with Crippen LogP contribution in [0.1, 0.15) is 20.8 Å². The summed E-state index contributed by atoms with van der Waals surface area (Å²) in [4.78, 5) is 34.0. The molecule has 10 heteroatoms. The lowest BCUT2D eigenvalue weighted by atomic mass is 9.97. The summed E-state index contributed by atoms with van der Waals surface area (Å²) in [6.07, 6.45) is -5.96. The zero-order valence-corrected chi connectivity index (χ0v) is 13.9. The van der Waals surface area contributed by atoms with E-state index >= 15 is 0 Å². The maximum absolute atomic E-state index is 11.4. The Morgan fingerprint density at radius 2 is 1.50 bits per heavy atom. The lowest BCUT2D eigenvalue weighted by Crippen LogP contribution is -2.63. The van der Waals surface area contributed by atoms with E-state index in [1.807, 2.05) is 0 Å². The summed E-state index contributed by atoms with van der Waals surface area (Å²) in [6, 6.07) is 0. The van der Waals surface area contributed by atoms with Crippen molar-refractivity contribution in [2.45, 2.75) is 51.5 Å². The Labute approximate surface area is 139 Å². The van der Waals surface area contributed by atoms with E-state index < -0.39 is 48.6 Å². The molecule has 1 aliphatic rings. The van der Waals surface area contributed by atoms with Gasteiger partial charge in [-0.15, -0.1) is 0 Å². The van der Waals surface area contributed by atoms with Crippen molar-refractivity contribution in [3.63, 3.8) is 0 Å². The zero-order valence-electron chi connectivity index (χ0n) is 13.9. The van der Waals surface area contributed by atoms with Gasteiger partial charge in [0.2, 0.25) is 0 Å². The van der Waals surface area contributed by atoms with Crippen LogP contribution in [-0.2, 0) is 33.3 Å². The number of ether oxygens (including phenoxy) is 4. The van der Waals surface area contributed by atoms with Gasteiger partial charge in [-0.2, -0.15) is 0 Å². The molecule has 1 saturated heterocycles. The Hall–Kier alpha value is -1.75. The molecule has 4 N–H and O–H groups in total. The number of carbonyl (C=O) groups excluding carboxylic acids is 3. The maximum atomic E-state index is 11.4. The van der Waals surface area contributed by atoms with Crippen LogP contribution in [0.3, 0.4) is 0 Å². The molecule has 0 spiro atoms. The smallest absolute Gasteiger partial charge is 0.303 e. The molecule has 0 bridgehead atoms. The molecular weight excluding hydrogens is 324 g/mol. The monoisotopic (exact) mass is 348 g/mol. The van der Waals surface area contributed by atoms with Crippen molar-refractivity contribution < 1.29 is 38.4 Å². The summed E-state index contributed by atoms with van der Waals surface area (Å²) >= 11 is 0. The van der Waals surface area contributed by atoms with Gasteiger partial charge in [0, 0.05) is 40.4 Å². The van der Waals surface area contributed by atoms with Gasteiger partial charge in [-0.25, -0.2) is 0 Å². The predicted octanol–water partition coefficient (Wildman–Crippen LogP) is -1.95. The SMILES string of the molecule is CC(=O)OC1[C@H](O)OC(CNCCN)[C@@H](OC(C)=O)[C@@H]1OC(C)=O. The summed E-state index contributed by atoms with van der Waals surface area (Å²) < 4.78 is 20.7. The highest BCUT2D eigenvalue weighted by atomic mass is 16.7. The minimum absolute atomic E-state index is 0.177. The van der Waals surface area contributed by atoms with Crippen LogP contribution in [0.2, 0.25) is 0 Å². The molecule has 138 valence electrons. The molecule has 0 aromatic heterocycles. The molecule has 0 amide bonds. The van der Waals surface area contributed by atoms with Crippen LogP contribution in [0.25, 0.3) is 0 Å². The van der Waals surface area contributed by atoms with Crippen molar-refractivity contribution in [3.05, 3.63) is 0 Å². The highest BCUT2D eigenvalue weighted by molar-refractivity contribution is 5.68. The topological polar surface area (TPSA) is 146 Å². The van der Waals surface area contributed by atoms with Gasteiger partial charge in [0.15, 0.2) is 24.6 Å². The van der Waals surface area contributed by atoms with E-state index in [2.05, 4.69) is 5.32 Å². The molecule has 0 saturated carbocycles. The molecule has 0 aliphatic carbocycles. The third-order valence-electron chi connectivity index (χ3n) is 3.18. The van der Waals surface area contributed by atoms with Crippen LogP contribution in [0.5, 0.6) is 0 Å². The fourth-order valence-corrected chi connectivity index (χ4v) is 2.38. The molecule has 0 aromatic carbocycles. The van der Waals surface area contributed by atoms with Gasteiger partial charge in [0.05, 0.1) is 0 Å². The van der Waals surface area contributed by atoms with Gasteiger partial charge in [-0.1, -0.05) is 0 Å². The second-order valence-corrected chi connectivity index (χ2v) is 5.28. The van der Waals surface area contributed by atoms with Crippen LogP contribution in [0.15, 0.2) is 0 Å². The standard InChI is InChI=1S/C14H24N2O8/c1-7(17)21-11-10(6-16-5-4-15)24-14(20)13(23-9(3)19)12(11)22-8(2)18/h10-14,16,20H,4-6,15H2,1-3H3/t10?,11-,12+,13?,14-/m1/s1. The van der Waals surface area contributed by atoms with Gasteiger partial charge in [0.1, 0.15) is 6.10 Å². The predicted molar refractivity (Wildman–Crippen MR) is 79.5 cm³/mol. The van der Waals surface area contributed by atoms with E-state index in [0.29, 0.717) is 13.1 Å². The minimum Gasteiger partial charge on any atom is -0.456 e. The van der Waals surface area contributed by atoms with Gasteiger partial charge >= 0.3 is 17.9 Å². The fourth-order valence-electron chi connectivity index (χ4n) is 2.38. The van der Waals surface area contributed by atoms with E-state index in [4.69, 9.17) is 24.7 Å². The first-order chi connectivity index (χ1) is 11.3. The van der Waals surface area contributed by atoms with Crippen molar-refractivity contribution >= 4 is 17.9 Å². The normalized spacial score (nSPS) is 29.6. The molecule has 0 radical (unpaired) electrons. The Morgan fingerprint density at radius 3 is 2.00 bits per heavy atom. The molecular formula is C14H24N2O8. The second-order valence-electron chi connectivity index (χ2n) is 5.28. The van der Waals surface area contributed by atoms with Crippen LogP contribution in [-0.4, -0.2) is 73.4 Å². The highest BCUT2D eigenvalue weighted by Crippen LogP contribution is 2.27. The molecule has 2 unspecified atom stereocenters. The Morgan fingerprint density at radius 1 is 1.00 bits per heavy atom. The number of esters is 3. The summed E-state index contributed by atoms with van der Waals surface area (Å²) in [6.45, 7) is 4.48. The average molecular weight is 348 g/mol. The van der Waals surface area contributed by atoms with Crippen molar-refractivity contribution in [1.82, 2.24) is 5.32 Å². The minimum atomic E-state index is -1.55. The van der Waals surface area contributed by atoms with E-state index in [1.165, 1.54) is 6.92 Å². The first kappa shape index (κ1) is 20.3. The van der Waals surface area contributed by atoms with Crippen LogP contribution < -0.4 is 11.1 Å². The molecule has 1 aliphatic heterocycles. The number of rotatable bonds is 7. The van der Waals surface area contributed by atoms with E-state index in [0.717, 1.165) is 13.8 Å². The second kappa shape index (κ2) is 9.52. The van der Waals surface area contributed by atoms with Gasteiger partial charge in [0.25, 0.3) is 0 Å². The molecule has 1 heterocycles. The van der Waals surface area contributed by atoms with Crippen molar-refractivity contribution in [3.8, 4) is 0 Å². The number of aliphatic hydroxyl groups excluding tert-OH is 1. The van der Waals surface area contributed by atoms with Crippen molar-refractivity contribution in [1.29, 1.82) is 0 Å². The summed E-state index contributed by atoms with van der Waals surface area (Å²) in [5.74, 6) is -2.03. The zero-order chi connectivity index (χ0) is 18.3. The van der Waals surface area contributed by atoms with E-state index in [9.17, 15) is 19.5 Å². The Balaban J connectivity index is 3.04. The lowest BCUT2D eigenvalue weighted by molar-refractivity contribution is -0.290. The average Bonchev–Trinajstić information content (AvgIpc) is 2.45. The first-order valence-electron chi connectivity index (χ1n) is 7.52. The van der Waals surface area contributed by atoms with Gasteiger partial charge in [-0.05, 0) is 0 Å². The molecule has 1 fully saturated rings. The van der Waals surface area contributed by atoms with Crippen LogP contribution >= 0.6 is 0 Å². The number of hydrogen-bond donors (Lipinski definition) is 3. The summed E-state index contributed by atoms with van der Waals surface area (Å²) in [7, 11) is 0. The van der Waals surface area contributed by atoms with E-state index in [1.54, 1.807) is 0 Å². The summed E-state index contributed by atoms with van der Waals surface area (Å²) in [5.41, 5.74) is 5.39. The number of aliphatic hydroxyl groups is 1. The van der Waals surface area contributed by atoms with Crippen molar-refractivity contribution in [2.75, 3.05) is 19.6 Å². The van der Waals surface area contributed by atoms with Crippen molar-refractivity contribution in [2.24, 2.45) is 5.73 Å². The highest BCUT2D eigenvalue weighted by Gasteiger charge is 2.51. The quantitative estimate of drug-likeness (QED) is 0.269. The third kappa shape index (κ3) is 6.04. The largest absolute Gasteiger partial charge is 0.456 e. The number of nitrogens with one attached hydrogen (secondary N) is 1. The Bertz CT molecular complexity index is 458. The number of carbonyl (C=O) groups is 3. The summed E-state index contributed by atoms with van der Waals surface area (Å²) in [5, 5.41) is 13.1. The molecule has 24 heavy (non-hydrogen) atoms. The number of hydrogen-bond acceptors (Lipinski definition) is 10. The Kier molecular flexibility index (Phi) is 8.05. The first-order valence-corrected chi connectivity index (χ1v) is 7.52. The third-order valence-corrected chi connectivity index (χ3v) is 3.18. The van der Waals surface area contributed by atoms with Gasteiger partial charge < -0.3 is 35.1 Å². The fraction of sp³-hybridized carbons (Fsp3) is 0.786.